The van der Waals surface area contributed by atoms with E-state index in [0.29, 0.717) is 11.4 Å². The number of aromatic carboxylic acids is 1. The molecule has 2 N–H and O–H groups in total. The summed E-state index contributed by atoms with van der Waals surface area (Å²) in [5.41, 5.74) is 0.446. The van der Waals surface area contributed by atoms with Crippen LogP contribution in [0.1, 0.15) is 21.1 Å². The van der Waals surface area contributed by atoms with Crippen molar-refractivity contribution in [2.75, 3.05) is 5.32 Å². The molecule has 0 fully saturated rings. The lowest BCUT2D eigenvalue weighted by molar-refractivity contribution is 0.0660. The number of carboxylic acids is 1. The SMILES string of the molecule is O=C(O)c1ccc(C(=O)Nc2cccc(Oc3ncccn3)c2)o1. The van der Waals surface area contributed by atoms with Gasteiger partial charge in [0.25, 0.3) is 5.91 Å². The van der Waals surface area contributed by atoms with Crippen molar-refractivity contribution >= 4 is 17.6 Å². The minimum Gasteiger partial charge on any atom is -0.475 e. The molecule has 0 saturated heterocycles. The number of amides is 1. The van der Waals surface area contributed by atoms with Gasteiger partial charge in [-0.3, -0.25) is 4.79 Å². The maximum Gasteiger partial charge on any atom is 0.371 e. The highest BCUT2D eigenvalue weighted by atomic mass is 16.5. The molecule has 120 valence electrons. The van der Waals surface area contributed by atoms with Crippen molar-refractivity contribution in [1.29, 1.82) is 0 Å². The summed E-state index contributed by atoms with van der Waals surface area (Å²) >= 11 is 0. The molecule has 1 amide bonds. The molecule has 0 atom stereocenters. The van der Waals surface area contributed by atoms with Crippen molar-refractivity contribution < 1.29 is 23.8 Å². The predicted molar refractivity (Wildman–Crippen MR) is 82.2 cm³/mol. The lowest BCUT2D eigenvalue weighted by Crippen LogP contribution is -2.11. The van der Waals surface area contributed by atoms with Crippen LogP contribution in [0, 0.1) is 0 Å². The van der Waals surface area contributed by atoms with Crippen LogP contribution in [0.3, 0.4) is 0 Å². The van der Waals surface area contributed by atoms with E-state index in [4.69, 9.17) is 14.3 Å². The second kappa shape index (κ2) is 6.61. The summed E-state index contributed by atoms with van der Waals surface area (Å²) < 4.78 is 10.4. The molecule has 8 heteroatoms. The second-order valence-electron chi connectivity index (χ2n) is 4.58. The van der Waals surface area contributed by atoms with Crippen molar-refractivity contribution in [1.82, 2.24) is 9.97 Å². The first-order chi connectivity index (χ1) is 11.6. The summed E-state index contributed by atoms with van der Waals surface area (Å²) in [4.78, 5) is 30.7. The zero-order valence-corrected chi connectivity index (χ0v) is 12.2. The number of carbonyl (C=O) groups excluding carboxylic acids is 1. The molecule has 0 aliphatic heterocycles. The van der Waals surface area contributed by atoms with Gasteiger partial charge in [0.05, 0.1) is 0 Å². The van der Waals surface area contributed by atoms with Crippen molar-refractivity contribution in [3.8, 4) is 11.8 Å². The molecule has 3 rings (SSSR count). The first kappa shape index (κ1) is 15.2. The molecule has 8 nitrogen and oxygen atoms in total. The Morgan fingerprint density at radius 2 is 1.79 bits per heavy atom. The summed E-state index contributed by atoms with van der Waals surface area (Å²) in [6.07, 6.45) is 3.09. The lowest BCUT2D eigenvalue weighted by atomic mass is 10.3. The molecule has 2 aromatic heterocycles. The van der Waals surface area contributed by atoms with Gasteiger partial charge >= 0.3 is 12.0 Å². The maximum atomic E-state index is 12.1. The average molecular weight is 325 g/mol. The first-order valence-corrected chi connectivity index (χ1v) is 6.81. The third-order valence-corrected chi connectivity index (χ3v) is 2.88. The van der Waals surface area contributed by atoms with Crippen LogP contribution in [0.4, 0.5) is 5.69 Å². The normalized spacial score (nSPS) is 10.2. The topological polar surface area (TPSA) is 115 Å². The summed E-state index contributed by atoms with van der Waals surface area (Å²) in [6.45, 7) is 0. The van der Waals surface area contributed by atoms with Gasteiger partial charge in [-0.2, -0.15) is 0 Å². The van der Waals surface area contributed by atoms with Crippen LogP contribution in [0.25, 0.3) is 0 Å². The number of carboxylic acid groups (broad SMARTS) is 1. The molecule has 3 aromatic rings. The quantitative estimate of drug-likeness (QED) is 0.741. The Morgan fingerprint density at radius 3 is 2.50 bits per heavy atom. The van der Waals surface area contributed by atoms with Crippen LogP contribution in [0.15, 0.2) is 59.3 Å². The van der Waals surface area contributed by atoms with Gasteiger partial charge in [-0.05, 0) is 30.3 Å². The molecule has 0 aliphatic rings. The number of hydrogen-bond donors (Lipinski definition) is 2. The van der Waals surface area contributed by atoms with E-state index in [1.165, 1.54) is 12.1 Å². The van der Waals surface area contributed by atoms with Crippen LogP contribution in [-0.2, 0) is 0 Å². The Morgan fingerprint density at radius 1 is 1.04 bits per heavy atom. The standard InChI is InChI=1S/C16H11N3O5/c20-14(12-5-6-13(24-12)15(21)22)19-10-3-1-4-11(9-10)23-16-17-7-2-8-18-16/h1-9H,(H,19,20)(H,21,22). The number of benzene rings is 1. The molecule has 2 heterocycles. The molecular weight excluding hydrogens is 314 g/mol. The van der Waals surface area contributed by atoms with Gasteiger partial charge in [-0.1, -0.05) is 6.07 Å². The summed E-state index contributed by atoms with van der Waals surface area (Å²) in [5, 5.41) is 11.4. The number of furan rings is 1. The molecular formula is C16H11N3O5. The van der Waals surface area contributed by atoms with Crippen molar-refractivity contribution in [2.24, 2.45) is 0 Å². The highest BCUT2D eigenvalue weighted by Crippen LogP contribution is 2.22. The Bertz CT molecular complexity index is 876. The van der Waals surface area contributed by atoms with Crippen molar-refractivity contribution in [3.05, 3.63) is 66.4 Å². The van der Waals surface area contributed by atoms with E-state index in [1.54, 1.807) is 42.7 Å². The highest BCUT2D eigenvalue weighted by molar-refractivity contribution is 6.03. The van der Waals surface area contributed by atoms with Gasteiger partial charge in [0.2, 0.25) is 5.76 Å². The van der Waals surface area contributed by atoms with Crippen LogP contribution >= 0.6 is 0 Å². The van der Waals surface area contributed by atoms with E-state index in [1.807, 2.05) is 0 Å². The van der Waals surface area contributed by atoms with Gasteiger partial charge in [0, 0.05) is 24.1 Å². The van der Waals surface area contributed by atoms with Crippen molar-refractivity contribution in [3.63, 3.8) is 0 Å². The fourth-order valence-electron chi connectivity index (χ4n) is 1.85. The molecule has 0 saturated carbocycles. The molecule has 0 spiro atoms. The number of hydrogen-bond acceptors (Lipinski definition) is 6. The van der Waals surface area contributed by atoms with E-state index < -0.39 is 11.9 Å². The van der Waals surface area contributed by atoms with Crippen LogP contribution in [-0.4, -0.2) is 27.0 Å². The molecule has 0 bridgehead atoms. The van der Waals surface area contributed by atoms with E-state index in [-0.39, 0.29) is 17.5 Å². The molecule has 1 aromatic carbocycles. The number of aromatic nitrogens is 2. The number of carbonyl (C=O) groups is 2. The monoisotopic (exact) mass is 325 g/mol. The second-order valence-corrected chi connectivity index (χ2v) is 4.58. The fourth-order valence-corrected chi connectivity index (χ4v) is 1.85. The molecule has 24 heavy (non-hydrogen) atoms. The van der Waals surface area contributed by atoms with E-state index in [2.05, 4.69) is 15.3 Å². The van der Waals surface area contributed by atoms with Gasteiger partial charge in [0.1, 0.15) is 5.75 Å². The summed E-state index contributed by atoms with van der Waals surface area (Å²) in [5.74, 6) is -1.80. The molecule has 0 radical (unpaired) electrons. The maximum absolute atomic E-state index is 12.1. The largest absolute Gasteiger partial charge is 0.475 e. The minimum atomic E-state index is -1.24. The van der Waals surface area contributed by atoms with Gasteiger partial charge in [0.15, 0.2) is 5.76 Å². The Labute approximate surface area is 135 Å². The first-order valence-electron chi connectivity index (χ1n) is 6.81. The minimum absolute atomic E-state index is 0.106. The molecule has 0 aliphatic carbocycles. The summed E-state index contributed by atoms with van der Waals surface area (Å²) in [6, 6.07) is 10.9. The van der Waals surface area contributed by atoms with Crippen LogP contribution in [0.2, 0.25) is 0 Å². The number of anilines is 1. The Hall–Kier alpha value is -3.68. The smallest absolute Gasteiger partial charge is 0.371 e. The Balaban J connectivity index is 1.71. The van der Waals surface area contributed by atoms with E-state index in [9.17, 15) is 9.59 Å². The van der Waals surface area contributed by atoms with E-state index >= 15 is 0 Å². The van der Waals surface area contributed by atoms with Gasteiger partial charge in [-0.25, -0.2) is 14.8 Å². The third-order valence-electron chi connectivity index (χ3n) is 2.88. The zero-order chi connectivity index (χ0) is 16.9. The number of ether oxygens (including phenoxy) is 1. The number of rotatable bonds is 5. The van der Waals surface area contributed by atoms with Crippen LogP contribution < -0.4 is 10.1 Å². The Kier molecular flexibility index (Phi) is 4.19. The molecule has 0 unspecified atom stereocenters. The van der Waals surface area contributed by atoms with Crippen molar-refractivity contribution in [2.45, 2.75) is 0 Å². The fraction of sp³-hybridized carbons (Fsp3) is 0. The van der Waals surface area contributed by atoms with Crippen LogP contribution in [0.5, 0.6) is 11.8 Å². The van der Waals surface area contributed by atoms with E-state index in [0.717, 1.165) is 0 Å². The summed E-state index contributed by atoms with van der Waals surface area (Å²) in [7, 11) is 0. The van der Waals surface area contributed by atoms with Gasteiger partial charge < -0.3 is 19.6 Å². The van der Waals surface area contributed by atoms with Gasteiger partial charge in [-0.15, -0.1) is 0 Å². The highest BCUT2D eigenvalue weighted by Gasteiger charge is 2.15. The lowest BCUT2D eigenvalue weighted by Gasteiger charge is -2.06. The predicted octanol–water partition coefficient (Wildman–Crippen LogP) is 2.81. The zero-order valence-electron chi connectivity index (χ0n) is 12.2. The average Bonchev–Trinajstić information content (AvgIpc) is 3.06. The third kappa shape index (κ3) is 3.55. The number of nitrogens with one attached hydrogen (secondary N) is 1. The number of nitrogens with zero attached hydrogens (tertiary/aromatic N) is 2.